The third-order valence-electron chi connectivity index (χ3n) is 4.77. The second-order valence-corrected chi connectivity index (χ2v) is 8.48. The molecular weight excluding hydrogens is 505 g/mol. The molecule has 0 aliphatic carbocycles. The van der Waals surface area contributed by atoms with E-state index >= 15 is 0 Å². The molecule has 31 heavy (non-hydrogen) atoms. The fourth-order valence-corrected chi connectivity index (χ4v) is 3.97. The van der Waals surface area contributed by atoms with Crippen LogP contribution in [0.2, 0.25) is 10.0 Å². The summed E-state index contributed by atoms with van der Waals surface area (Å²) in [5.74, 6) is 2.78. The van der Waals surface area contributed by atoms with Gasteiger partial charge in [-0.2, -0.15) is 0 Å². The zero-order valence-corrected chi connectivity index (χ0v) is 19.8. The molecule has 1 aliphatic heterocycles. The molecule has 0 saturated carbocycles. The average molecular weight is 525 g/mol. The molecule has 1 N–H and O–H groups in total. The smallest absolute Gasteiger partial charge is 0.167 e. The minimum Gasteiger partial charge on any atom is -0.493 e. The van der Waals surface area contributed by atoms with Crippen molar-refractivity contribution >= 4 is 44.8 Å². The lowest BCUT2D eigenvalue weighted by Gasteiger charge is -2.20. The lowest BCUT2D eigenvalue weighted by atomic mass is 10.1. The molecule has 3 aromatic carbocycles. The van der Waals surface area contributed by atoms with E-state index < -0.39 is 0 Å². The summed E-state index contributed by atoms with van der Waals surface area (Å²) in [6.07, 6.45) is 0. The molecule has 3 aromatic rings. The number of anilines is 1. The van der Waals surface area contributed by atoms with Crippen LogP contribution in [-0.2, 0) is 13.2 Å². The molecule has 0 aromatic heterocycles. The molecule has 0 radical (unpaired) electrons. The van der Waals surface area contributed by atoms with Crippen molar-refractivity contribution < 1.29 is 18.9 Å². The van der Waals surface area contributed by atoms with Crippen molar-refractivity contribution in [1.29, 1.82) is 0 Å². The molecular formula is C23H20BrCl2NO4. The van der Waals surface area contributed by atoms with Gasteiger partial charge in [-0.1, -0.05) is 45.2 Å². The van der Waals surface area contributed by atoms with Gasteiger partial charge in [0, 0.05) is 28.3 Å². The first-order chi connectivity index (χ1) is 15.0. The average Bonchev–Trinajstić information content (AvgIpc) is 2.79. The third kappa shape index (κ3) is 5.14. The molecule has 1 heterocycles. The van der Waals surface area contributed by atoms with Gasteiger partial charge >= 0.3 is 0 Å². The first kappa shape index (κ1) is 21.9. The topological polar surface area (TPSA) is 49.0 Å². The van der Waals surface area contributed by atoms with Crippen LogP contribution in [0.15, 0.2) is 53.0 Å². The quantitative estimate of drug-likeness (QED) is 0.371. The van der Waals surface area contributed by atoms with E-state index in [0.29, 0.717) is 47.9 Å². The summed E-state index contributed by atoms with van der Waals surface area (Å²) >= 11 is 15.8. The van der Waals surface area contributed by atoms with Crippen LogP contribution in [0.4, 0.5) is 5.69 Å². The lowest BCUT2D eigenvalue weighted by molar-refractivity contribution is 0.171. The molecule has 1 aliphatic rings. The van der Waals surface area contributed by atoms with E-state index in [9.17, 15) is 0 Å². The second kappa shape index (κ2) is 9.90. The number of rotatable bonds is 7. The molecule has 0 amide bonds. The Hall–Kier alpha value is -2.28. The number of methoxy groups -OCH3 is 1. The van der Waals surface area contributed by atoms with Gasteiger partial charge in [-0.25, -0.2) is 0 Å². The number of halogens is 3. The number of fused-ring (bicyclic) bond motifs is 1. The van der Waals surface area contributed by atoms with Crippen LogP contribution in [0.3, 0.4) is 0 Å². The van der Waals surface area contributed by atoms with Gasteiger partial charge in [0.05, 0.1) is 17.2 Å². The number of ether oxygens (including phenoxy) is 4. The van der Waals surface area contributed by atoms with Crippen molar-refractivity contribution in [2.45, 2.75) is 13.2 Å². The Bertz CT molecular complexity index is 1090. The predicted molar refractivity (Wildman–Crippen MR) is 126 cm³/mol. The van der Waals surface area contributed by atoms with Gasteiger partial charge in [0.15, 0.2) is 23.0 Å². The van der Waals surface area contributed by atoms with Gasteiger partial charge in [0.25, 0.3) is 0 Å². The summed E-state index contributed by atoms with van der Waals surface area (Å²) in [4.78, 5) is 0. The highest BCUT2D eigenvalue weighted by Crippen LogP contribution is 2.38. The van der Waals surface area contributed by atoms with Crippen LogP contribution in [0.5, 0.6) is 23.0 Å². The summed E-state index contributed by atoms with van der Waals surface area (Å²) in [6, 6.07) is 15.0. The van der Waals surface area contributed by atoms with E-state index in [2.05, 4.69) is 21.2 Å². The molecule has 0 unspecified atom stereocenters. The first-order valence-electron chi connectivity index (χ1n) is 9.61. The monoisotopic (exact) mass is 523 g/mol. The summed E-state index contributed by atoms with van der Waals surface area (Å²) in [5.41, 5.74) is 2.74. The van der Waals surface area contributed by atoms with Crippen molar-refractivity contribution in [3.63, 3.8) is 0 Å². The van der Waals surface area contributed by atoms with Gasteiger partial charge in [-0.15, -0.1) is 0 Å². The van der Waals surface area contributed by atoms with E-state index in [4.69, 9.17) is 42.1 Å². The highest BCUT2D eigenvalue weighted by Gasteiger charge is 2.16. The Balaban J connectivity index is 1.54. The van der Waals surface area contributed by atoms with E-state index in [0.717, 1.165) is 32.8 Å². The number of benzene rings is 3. The molecule has 0 saturated heterocycles. The maximum atomic E-state index is 6.16. The zero-order chi connectivity index (χ0) is 21.8. The predicted octanol–water partition coefficient (Wildman–Crippen LogP) is 6.73. The van der Waals surface area contributed by atoms with Crippen LogP contribution in [0.1, 0.15) is 11.1 Å². The normalized spacial score (nSPS) is 12.4. The molecule has 0 spiro atoms. The van der Waals surface area contributed by atoms with Crippen molar-refractivity contribution in [3.8, 4) is 23.0 Å². The van der Waals surface area contributed by atoms with Crippen LogP contribution >= 0.6 is 39.1 Å². The third-order valence-corrected chi connectivity index (χ3v) is 6.25. The van der Waals surface area contributed by atoms with Crippen LogP contribution in [0, 0.1) is 0 Å². The highest BCUT2D eigenvalue weighted by molar-refractivity contribution is 9.10. The van der Waals surface area contributed by atoms with Gasteiger partial charge < -0.3 is 24.3 Å². The maximum absolute atomic E-state index is 6.16. The van der Waals surface area contributed by atoms with Crippen LogP contribution in [-0.4, -0.2) is 20.3 Å². The minimum atomic E-state index is 0.320. The van der Waals surface area contributed by atoms with Crippen molar-refractivity contribution in [2.24, 2.45) is 0 Å². The SMILES string of the molecule is COc1ccc(Br)c(CNc2ccc3c(c2)OCCO3)c1OCc1ccc(Cl)c(Cl)c1. The Morgan fingerprint density at radius 1 is 0.968 bits per heavy atom. The van der Waals surface area contributed by atoms with E-state index in [1.165, 1.54) is 0 Å². The van der Waals surface area contributed by atoms with Crippen molar-refractivity contribution in [1.82, 2.24) is 0 Å². The molecule has 5 nitrogen and oxygen atoms in total. The van der Waals surface area contributed by atoms with Gasteiger partial charge in [-0.3, -0.25) is 0 Å². The molecule has 4 rings (SSSR count). The first-order valence-corrected chi connectivity index (χ1v) is 11.2. The highest BCUT2D eigenvalue weighted by atomic mass is 79.9. The minimum absolute atomic E-state index is 0.320. The summed E-state index contributed by atoms with van der Waals surface area (Å²) in [6.45, 7) is 1.94. The fourth-order valence-electron chi connectivity index (χ4n) is 3.19. The van der Waals surface area contributed by atoms with Gasteiger partial charge in [0.1, 0.15) is 19.8 Å². The van der Waals surface area contributed by atoms with Crippen molar-refractivity contribution in [2.75, 3.05) is 25.6 Å². The molecule has 0 atom stereocenters. The summed E-state index contributed by atoms with van der Waals surface area (Å²) in [5, 5.41) is 4.42. The standard InChI is InChI=1S/C23H20BrCl2NO4/c1-28-21-7-4-17(24)16(23(21)31-13-14-2-5-18(25)19(26)10-14)12-27-15-3-6-20-22(11-15)30-9-8-29-20/h2-7,10-11,27H,8-9,12-13H2,1H3. The van der Waals surface area contributed by atoms with Gasteiger partial charge in [-0.05, 0) is 42.0 Å². The second-order valence-electron chi connectivity index (χ2n) is 6.81. The molecule has 162 valence electrons. The Kier molecular flexibility index (Phi) is 7.00. The summed E-state index contributed by atoms with van der Waals surface area (Å²) < 4.78 is 23.9. The number of hydrogen-bond acceptors (Lipinski definition) is 5. The molecule has 8 heteroatoms. The Labute approximate surface area is 199 Å². The number of nitrogens with one attached hydrogen (secondary N) is 1. The van der Waals surface area contributed by atoms with Crippen LogP contribution in [0.25, 0.3) is 0 Å². The van der Waals surface area contributed by atoms with Crippen LogP contribution < -0.4 is 24.3 Å². The van der Waals surface area contributed by atoms with Gasteiger partial charge in [0.2, 0.25) is 0 Å². The Morgan fingerprint density at radius 2 is 1.77 bits per heavy atom. The lowest BCUT2D eigenvalue weighted by Crippen LogP contribution is -2.15. The van der Waals surface area contributed by atoms with E-state index in [1.807, 2.05) is 36.4 Å². The molecule has 0 fully saturated rings. The summed E-state index contributed by atoms with van der Waals surface area (Å²) in [7, 11) is 1.62. The largest absolute Gasteiger partial charge is 0.493 e. The molecule has 0 bridgehead atoms. The number of hydrogen-bond donors (Lipinski definition) is 1. The maximum Gasteiger partial charge on any atom is 0.167 e. The van der Waals surface area contributed by atoms with Crippen molar-refractivity contribution in [3.05, 3.63) is 74.2 Å². The fraction of sp³-hybridized carbons (Fsp3) is 0.217. The van der Waals surface area contributed by atoms with E-state index in [-0.39, 0.29) is 0 Å². The Morgan fingerprint density at radius 3 is 2.55 bits per heavy atom. The zero-order valence-electron chi connectivity index (χ0n) is 16.7. The van der Waals surface area contributed by atoms with E-state index in [1.54, 1.807) is 19.2 Å².